The van der Waals surface area contributed by atoms with Crippen molar-refractivity contribution in [2.45, 2.75) is 26.2 Å². The lowest BCUT2D eigenvalue weighted by Crippen LogP contribution is -2.41. The van der Waals surface area contributed by atoms with Crippen LogP contribution < -0.4 is 4.90 Å². The lowest BCUT2D eigenvalue weighted by Gasteiger charge is -2.38. The third kappa shape index (κ3) is 2.39. The molecule has 1 aromatic carbocycles. The van der Waals surface area contributed by atoms with Crippen molar-refractivity contribution >= 4 is 11.6 Å². The normalized spacial score (nSPS) is 23.2. The van der Waals surface area contributed by atoms with Crippen LogP contribution in [0.2, 0.25) is 0 Å². The predicted octanol–water partition coefficient (Wildman–Crippen LogP) is 2.53. The van der Waals surface area contributed by atoms with Gasteiger partial charge in [-0.15, -0.1) is 0 Å². The van der Waals surface area contributed by atoms with Gasteiger partial charge in [-0.3, -0.25) is 4.79 Å². The van der Waals surface area contributed by atoms with E-state index in [1.807, 2.05) is 35.2 Å². The summed E-state index contributed by atoms with van der Waals surface area (Å²) < 4.78 is 0. The fraction of sp³-hybridized carbons (Fsp3) is 0.562. The summed E-state index contributed by atoms with van der Waals surface area (Å²) in [6.07, 6.45) is 3.06. The summed E-state index contributed by atoms with van der Waals surface area (Å²) in [4.78, 5) is 16.8. The van der Waals surface area contributed by atoms with Gasteiger partial charge in [-0.25, -0.2) is 0 Å². The Balaban J connectivity index is 1.74. The highest BCUT2D eigenvalue weighted by Gasteiger charge is 2.44. The van der Waals surface area contributed by atoms with E-state index in [4.69, 9.17) is 0 Å². The Bertz CT molecular complexity index is 449. The number of carbonyl (C=O) groups excluding carboxylic acids is 1. The molecule has 1 aromatic rings. The Morgan fingerprint density at radius 3 is 2.47 bits per heavy atom. The van der Waals surface area contributed by atoms with Gasteiger partial charge < -0.3 is 9.80 Å². The largest absolute Gasteiger partial charge is 0.312 e. The molecule has 102 valence electrons. The summed E-state index contributed by atoms with van der Waals surface area (Å²) >= 11 is 0. The summed E-state index contributed by atoms with van der Waals surface area (Å²) in [5.41, 5.74) is 1.29. The van der Waals surface area contributed by atoms with Crippen LogP contribution in [0.15, 0.2) is 30.3 Å². The highest BCUT2D eigenvalue weighted by Crippen LogP contribution is 2.42. The maximum absolute atomic E-state index is 12.3. The third-order valence-corrected chi connectivity index (χ3v) is 4.75. The molecule has 2 saturated heterocycles. The second-order valence-electron chi connectivity index (χ2n) is 5.93. The molecule has 2 aliphatic rings. The summed E-state index contributed by atoms with van der Waals surface area (Å²) in [5.74, 6) is 0.302. The quantitative estimate of drug-likeness (QED) is 0.814. The van der Waals surface area contributed by atoms with E-state index in [-0.39, 0.29) is 5.41 Å². The Labute approximate surface area is 115 Å². The molecule has 1 amide bonds. The topological polar surface area (TPSA) is 23.6 Å². The smallest absolute Gasteiger partial charge is 0.227 e. The molecule has 1 spiro atoms. The molecule has 0 N–H and O–H groups in total. The van der Waals surface area contributed by atoms with Crippen molar-refractivity contribution < 1.29 is 4.79 Å². The predicted molar refractivity (Wildman–Crippen MR) is 77.2 cm³/mol. The van der Waals surface area contributed by atoms with Crippen molar-refractivity contribution in [2.75, 3.05) is 31.1 Å². The highest BCUT2D eigenvalue weighted by molar-refractivity contribution is 5.96. The number of anilines is 1. The van der Waals surface area contributed by atoms with Crippen LogP contribution in [0.5, 0.6) is 0 Å². The number of amides is 1. The molecule has 0 aliphatic carbocycles. The molecular formula is C16H22N2O. The fourth-order valence-corrected chi connectivity index (χ4v) is 3.42. The summed E-state index contributed by atoms with van der Waals surface area (Å²) in [7, 11) is 0. The van der Waals surface area contributed by atoms with E-state index >= 15 is 0 Å². The molecule has 0 atom stereocenters. The second kappa shape index (κ2) is 4.97. The number of carbonyl (C=O) groups is 1. The molecule has 0 bridgehead atoms. The molecule has 2 heterocycles. The maximum Gasteiger partial charge on any atom is 0.227 e. The number of nitrogens with zero attached hydrogens (tertiary/aromatic N) is 2. The lowest BCUT2D eigenvalue weighted by molar-refractivity contribution is -0.118. The van der Waals surface area contributed by atoms with E-state index in [2.05, 4.69) is 11.8 Å². The van der Waals surface area contributed by atoms with Crippen molar-refractivity contribution in [3.8, 4) is 0 Å². The van der Waals surface area contributed by atoms with E-state index < -0.39 is 0 Å². The minimum absolute atomic E-state index is 0.235. The first kappa shape index (κ1) is 12.7. The highest BCUT2D eigenvalue weighted by atomic mass is 16.2. The number of hydrogen-bond acceptors (Lipinski definition) is 2. The van der Waals surface area contributed by atoms with E-state index in [1.54, 1.807) is 0 Å². The Morgan fingerprint density at radius 2 is 1.84 bits per heavy atom. The molecule has 0 unspecified atom stereocenters. The lowest BCUT2D eigenvalue weighted by atomic mass is 9.77. The summed E-state index contributed by atoms with van der Waals surface area (Å²) in [5, 5.41) is 0. The van der Waals surface area contributed by atoms with Gasteiger partial charge in [0.05, 0.1) is 0 Å². The van der Waals surface area contributed by atoms with Crippen molar-refractivity contribution in [2.24, 2.45) is 5.41 Å². The van der Waals surface area contributed by atoms with E-state index in [9.17, 15) is 4.79 Å². The second-order valence-corrected chi connectivity index (χ2v) is 5.93. The molecule has 2 aliphatic heterocycles. The van der Waals surface area contributed by atoms with E-state index in [0.717, 1.165) is 51.1 Å². The molecule has 0 radical (unpaired) electrons. The van der Waals surface area contributed by atoms with Crippen molar-refractivity contribution in [1.29, 1.82) is 0 Å². The minimum Gasteiger partial charge on any atom is -0.312 e. The molecule has 3 nitrogen and oxygen atoms in total. The van der Waals surface area contributed by atoms with Gasteiger partial charge in [0, 0.05) is 18.7 Å². The first-order chi connectivity index (χ1) is 9.22. The molecular weight excluding hydrogens is 236 g/mol. The van der Waals surface area contributed by atoms with E-state index in [1.165, 1.54) is 0 Å². The van der Waals surface area contributed by atoms with Crippen molar-refractivity contribution in [1.82, 2.24) is 4.90 Å². The number of hydrogen-bond donors (Lipinski definition) is 0. The van der Waals surface area contributed by atoms with Gasteiger partial charge in [-0.05, 0) is 50.0 Å². The monoisotopic (exact) mass is 258 g/mol. The van der Waals surface area contributed by atoms with Crippen molar-refractivity contribution in [3.05, 3.63) is 30.3 Å². The fourth-order valence-electron chi connectivity index (χ4n) is 3.42. The zero-order chi connectivity index (χ0) is 13.3. The molecule has 0 aromatic heterocycles. The van der Waals surface area contributed by atoms with Gasteiger partial charge in [-0.2, -0.15) is 0 Å². The van der Waals surface area contributed by atoms with Gasteiger partial charge in [0.25, 0.3) is 0 Å². The number of piperidine rings is 1. The zero-order valence-electron chi connectivity index (χ0n) is 11.6. The average molecular weight is 258 g/mol. The summed E-state index contributed by atoms with van der Waals surface area (Å²) in [6.45, 7) is 6.55. The SMILES string of the molecule is CCN1CCC2(CC1)CC(=O)N(c1ccccc1)C2. The molecule has 0 saturated carbocycles. The Hall–Kier alpha value is -1.35. The standard InChI is InChI=1S/C16H22N2O/c1-2-17-10-8-16(9-11-17)12-15(19)18(13-16)14-6-4-3-5-7-14/h3-7H,2,8-13H2,1H3. The summed E-state index contributed by atoms with van der Waals surface area (Å²) in [6, 6.07) is 10.1. The number of para-hydroxylation sites is 1. The van der Waals surface area contributed by atoms with Gasteiger partial charge in [0.2, 0.25) is 5.91 Å². The maximum atomic E-state index is 12.3. The van der Waals surface area contributed by atoms with E-state index in [0.29, 0.717) is 5.91 Å². The van der Waals surface area contributed by atoms with Crippen LogP contribution >= 0.6 is 0 Å². The number of rotatable bonds is 2. The Kier molecular flexibility index (Phi) is 3.31. The van der Waals surface area contributed by atoms with Crippen molar-refractivity contribution in [3.63, 3.8) is 0 Å². The molecule has 2 fully saturated rings. The molecule has 3 rings (SSSR count). The molecule has 19 heavy (non-hydrogen) atoms. The van der Waals surface area contributed by atoms with Gasteiger partial charge in [0.1, 0.15) is 0 Å². The first-order valence-electron chi connectivity index (χ1n) is 7.30. The van der Waals surface area contributed by atoms with Gasteiger partial charge in [0.15, 0.2) is 0 Å². The van der Waals surface area contributed by atoms with Crippen LogP contribution in [-0.2, 0) is 4.79 Å². The van der Waals surface area contributed by atoms with Gasteiger partial charge in [-0.1, -0.05) is 25.1 Å². The van der Waals surface area contributed by atoms with Crippen LogP contribution in [-0.4, -0.2) is 37.0 Å². The zero-order valence-corrected chi connectivity index (χ0v) is 11.6. The molecule has 3 heteroatoms. The first-order valence-corrected chi connectivity index (χ1v) is 7.30. The third-order valence-electron chi connectivity index (χ3n) is 4.75. The van der Waals surface area contributed by atoms with Crippen LogP contribution in [0.3, 0.4) is 0 Å². The number of likely N-dealkylation sites (tertiary alicyclic amines) is 1. The average Bonchev–Trinajstić information content (AvgIpc) is 2.77. The van der Waals surface area contributed by atoms with Crippen LogP contribution in [0.25, 0.3) is 0 Å². The van der Waals surface area contributed by atoms with Crippen LogP contribution in [0.1, 0.15) is 26.2 Å². The number of benzene rings is 1. The Morgan fingerprint density at radius 1 is 1.16 bits per heavy atom. The van der Waals surface area contributed by atoms with Crippen LogP contribution in [0, 0.1) is 5.41 Å². The van der Waals surface area contributed by atoms with Crippen LogP contribution in [0.4, 0.5) is 5.69 Å². The van der Waals surface area contributed by atoms with Gasteiger partial charge >= 0.3 is 0 Å². The minimum atomic E-state index is 0.235.